The number of rotatable bonds is 6. The number of aromatic nitrogens is 2. The minimum Gasteiger partial charge on any atom is -0.305 e. The molecule has 0 aliphatic carbocycles. The summed E-state index contributed by atoms with van der Waals surface area (Å²) in [5.74, 6) is -0.157. The van der Waals surface area contributed by atoms with Gasteiger partial charge in [0, 0.05) is 32.8 Å². The van der Waals surface area contributed by atoms with E-state index in [1.165, 1.54) is 4.90 Å². The van der Waals surface area contributed by atoms with Crippen LogP contribution in [0.4, 0.5) is 0 Å². The standard InChI is InChI=1S/C13H20N4O2/c1-3-7-17-12(18)9-11(13(17)19)14-6-4-10-5-8-16(2)15-10/h5,8,11,14H,3-4,6-7,9H2,1-2H3. The van der Waals surface area contributed by atoms with Crippen molar-refractivity contribution >= 4 is 11.8 Å². The lowest BCUT2D eigenvalue weighted by Gasteiger charge is -2.14. The average molecular weight is 264 g/mol. The van der Waals surface area contributed by atoms with Crippen molar-refractivity contribution < 1.29 is 9.59 Å². The van der Waals surface area contributed by atoms with Gasteiger partial charge in [-0.1, -0.05) is 6.92 Å². The van der Waals surface area contributed by atoms with Gasteiger partial charge in [0.2, 0.25) is 11.8 Å². The molecule has 0 aromatic carbocycles. The Morgan fingerprint density at radius 3 is 2.89 bits per heavy atom. The van der Waals surface area contributed by atoms with Gasteiger partial charge in [0.25, 0.3) is 0 Å². The van der Waals surface area contributed by atoms with E-state index in [0.717, 1.165) is 18.5 Å². The van der Waals surface area contributed by atoms with E-state index in [4.69, 9.17) is 0 Å². The lowest BCUT2D eigenvalue weighted by Crippen LogP contribution is -2.39. The van der Waals surface area contributed by atoms with Crippen LogP contribution in [0.1, 0.15) is 25.5 Å². The predicted molar refractivity (Wildman–Crippen MR) is 70.3 cm³/mol. The van der Waals surface area contributed by atoms with Crippen molar-refractivity contribution in [1.29, 1.82) is 0 Å². The van der Waals surface area contributed by atoms with E-state index in [1.807, 2.05) is 26.2 Å². The van der Waals surface area contributed by atoms with Crippen LogP contribution in [0.3, 0.4) is 0 Å². The summed E-state index contributed by atoms with van der Waals surface area (Å²) < 4.78 is 1.75. The molecule has 0 bridgehead atoms. The van der Waals surface area contributed by atoms with Gasteiger partial charge >= 0.3 is 0 Å². The Morgan fingerprint density at radius 1 is 1.47 bits per heavy atom. The molecular formula is C13H20N4O2. The molecule has 0 radical (unpaired) electrons. The molecule has 2 heterocycles. The summed E-state index contributed by atoms with van der Waals surface area (Å²) in [5, 5.41) is 7.41. The molecule has 104 valence electrons. The van der Waals surface area contributed by atoms with Crippen molar-refractivity contribution in [3.05, 3.63) is 18.0 Å². The van der Waals surface area contributed by atoms with Gasteiger partial charge in [-0.2, -0.15) is 5.10 Å². The highest BCUT2D eigenvalue weighted by molar-refractivity contribution is 6.05. The zero-order chi connectivity index (χ0) is 13.8. The second-order valence-corrected chi connectivity index (χ2v) is 4.83. The number of hydrogen-bond acceptors (Lipinski definition) is 4. The van der Waals surface area contributed by atoms with Crippen LogP contribution in [0.25, 0.3) is 0 Å². The van der Waals surface area contributed by atoms with Crippen LogP contribution < -0.4 is 5.32 Å². The largest absolute Gasteiger partial charge is 0.305 e. The topological polar surface area (TPSA) is 67.2 Å². The van der Waals surface area contributed by atoms with Gasteiger partial charge in [0.15, 0.2) is 0 Å². The van der Waals surface area contributed by atoms with E-state index in [2.05, 4.69) is 10.4 Å². The van der Waals surface area contributed by atoms with Crippen molar-refractivity contribution in [2.75, 3.05) is 13.1 Å². The first-order chi connectivity index (χ1) is 9.11. The maximum absolute atomic E-state index is 12.0. The number of carbonyl (C=O) groups excluding carboxylic acids is 2. The number of nitrogens with zero attached hydrogens (tertiary/aromatic N) is 3. The summed E-state index contributed by atoms with van der Waals surface area (Å²) in [6, 6.07) is 1.59. The lowest BCUT2D eigenvalue weighted by atomic mass is 10.2. The Labute approximate surface area is 112 Å². The normalized spacial score (nSPS) is 19.5. The second-order valence-electron chi connectivity index (χ2n) is 4.83. The van der Waals surface area contributed by atoms with Crippen LogP contribution in [-0.2, 0) is 23.1 Å². The first kappa shape index (κ1) is 13.7. The third-order valence-corrected chi connectivity index (χ3v) is 3.23. The lowest BCUT2D eigenvalue weighted by molar-refractivity contribution is -0.138. The monoisotopic (exact) mass is 264 g/mol. The summed E-state index contributed by atoms with van der Waals surface area (Å²) in [4.78, 5) is 25.0. The summed E-state index contributed by atoms with van der Waals surface area (Å²) in [6.07, 6.45) is 3.73. The molecule has 2 amide bonds. The van der Waals surface area contributed by atoms with E-state index in [1.54, 1.807) is 4.68 Å². The summed E-state index contributed by atoms with van der Waals surface area (Å²) >= 11 is 0. The number of likely N-dealkylation sites (tertiary alicyclic amines) is 1. The Balaban J connectivity index is 1.80. The van der Waals surface area contributed by atoms with Crippen molar-refractivity contribution in [2.45, 2.75) is 32.2 Å². The zero-order valence-corrected chi connectivity index (χ0v) is 11.4. The van der Waals surface area contributed by atoms with Crippen LogP contribution in [0.15, 0.2) is 12.3 Å². The van der Waals surface area contributed by atoms with E-state index in [9.17, 15) is 9.59 Å². The van der Waals surface area contributed by atoms with Crippen LogP contribution in [0.5, 0.6) is 0 Å². The molecule has 1 saturated heterocycles. The highest BCUT2D eigenvalue weighted by Gasteiger charge is 2.37. The SMILES string of the molecule is CCCN1C(=O)CC(NCCc2ccn(C)n2)C1=O. The molecule has 1 aromatic rings. The summed E-state index contributed by atoms with van der Waals surface area (Å²) in [7, 11) is 1.87. The Morgan fingerprint density at radius 2 is 2.26 bits per heavy atom. The number of imide groups is 1. The highest BCUT2D eigenvalue weighted by atomic mass is 16.2. The fourth-order valence-corrected chi connectivity index (χ4v) is 2.27. The Kier molecular flexibility index (Phi) is 4.31. The van der Waals surface area contributed by atoms with E-state index in [0.29, 0.717) is 13.1 Å². The molecule has 0 spiro atoms. The molecule has 19 heavy (non-hydrogen) atoms. The summed E-state index contributed by atoms with van der Waals surface area (Å²) in [5.41, 5.74) is 0.984. The minimum atomic E-state index is -0.359. The molecule has 1 atom stereocenters. The maximum Gasteiger partial charge on any atom is 0.246 e. The van der Waals surface area contributed by atoms with Crippen LogP contribution in [0.2, 0.25) is 0 Å². The van der Waals surface area contributed by atoms with Gasteiger partial charge in [-0.3, -0.25) is 19.2 Å². The van der Waals surface area contributed by atoms with E-state index < -0.39 is 0 Å². The molecule has 2 rings (SSSR count). The van der Waals surface area contributed by atoms with E-state index in [-0.39, 0.29) is 24.3 Å². The highest BCUT2D eigenvalue weighted by Crippen LogP contribution is 2.13. The smallest absolute Gasteiger partial charge is 0.246 e. The molecule has 6 heteroatoms. The number of carbonyl (C=O) groups is 2. The quantitative estimate of drug-likeness (QED) is 0.739. The molecule has 1 fully saturated rings. The van der Waals surface area contributed by atoms with Crippen LogP contribution >= 0.6 is 0 Å². The number of amides is 2. The fourth-order valence-electron chi connectivity index (χ4n) is 2.27. The first-order valence-electron chi connectivity index (χ1n) is 6.68. The third-order valence-electron chi connectivity index (χ3n) is 3.23. The molecular weight excluding hydrogens is 244 g/mol. The van der Waals surface area contributed by atoms with Crippen LogP contribution in [0, 0.1) is 0 Å². The molecule has 1 N–H and O–H groups in total. The van der Waals surface area contributed by atoms with Gasteiger partial charge in [0.1, 0.15) is 0 Å². The Bertz CT molecular complexity index is 469. The van der Waals surface area contributed by atoms with Crippen LogP contribution in [-0.4, -0.2) is 45.6 Å². The molecule has 6 nitrogen and oxygen atoms in total. The first-order valence-corrected chi connectivity index (χ1v) is 6.68. The molecule has 1 aromatic heterocycles. The fraction of sp³-hybridized carbons (Fsp3) is 0.615. The zero-order valence-electron chi connectivity index (χ0n) is 11.4. The van der Waals surface area contributed by atoms with Gasteiger partial charge in [0.05, 0.1) is 18.2 Å². The minimum absolute atomic E-state index is 0.0674. The number of nitrogens with one attached hydrogen (secondary N) is 1. The second kappa shape index (κ2) is 5.97. The molecule has 1 unspecified atom stereocenters. The van der Waals surface area contributed by atoms with Gasteiger partial charge in [-0.15, -0.1) is 0 Å². The van der Waals surface area contributed by atoms with E-state index >= 15 is 0 Å². The van der Waals surface area contributed by atoms with Gasteiger partial charge in [-0.25, -0.2) is 0 Å². The maximum atomic E-state index is 12.0. The Hall–Kier alpha value is -1.69. The number of hydrogen-bond donors (Lipinski definition) is 1. The molecule has 1 aliphatic heterocycles. The molecule has 1 aliphatic rings. The number of aryl methyl sites for hydroxylation is 1. The van der Waals surface area contributed by atoms with Crippen molar-refractivity contribution in [2.24, 2.45) is 7.05 Å². The van der Waals surface area contributed by atoms with Crippen molar-refractivity contribution in [1.82, 2.24) is 20.0 Å². The van der Waals surface area contributed by atoms with Crippen molar-refractivity contribution in [3.8, 4) is 0 Å². The van der Waals surface area contributed by atoms with Crippen molar-refractivity contribution in [3.63, 3.8) is 0 Å². The predicted octanol–water partition coefficient (Wildman–Crippen LogP) is 0.0897. The van der Waals surface area contributed by atoms with Gasteiger partial charge in [-0.05, 0) is 12.5 Å². The molecule has 0 saturated carbocycles. The summed E-state index contributed by atoms with van der Waals surface area (Å²) in [6.45, 7) is 3.14. The average Bonchev–Trinajstić information content (AvgIpc) is 2.89. The third kappa shape index (κ3) is 3.20. The van der Waals surface area contributed by atoms with Gasteiger partial charge < -0.3 is 5.32 Å².